The number of sulfonamides is 1. The van der Waals surface area contributed by atoms with Crippen LogP contribution in [-0.2, 0) is 19.6 Å². The first-order valence-corrected chi connectivity index (χ1v) is 7.43. The van der Waals surface area contributed by atoms with Crippen LogP contribution in [-0.4, -0.2) is 33.8 Å². The minimum absolute atomic E-state index is 0.122. The smallest absolute Gasteiger partial charge is 0.311 e. The van der Waals surface area contributed by atoms with Gasteiger partial charge in [0.25, 0.3) is 0 Å². The predicted molar refractivity (Wildman–Crippen MR) is 67.1 cm³/mol. The minimum atomic E-state index is -3.10. The summed E-state index contributed by atoms with van der Waals surface area (Å²) in [5.74, 6) is -0.100. The van der Waals surface area contributed by atoms with Gasteiger partial charge in [0.05, 0.1) is 17.8 Å². The van der Waals surface area contributed by atoms with E-state index < -0.39 is 15.4 Å². The summed E-state index contributed by atoms with van der Waals surface area (Å²) in [4.78, 5) is 11.4. The van der Waals surface area contributed by atoms with Gasteiger partial charge in [0.15, 0.2) is 0 Å². The Morgan fingerprint density at radius 3 is 2.24 bits per heavy atom. The first-order chi connectivity index (χ1) is 7.69. The topological polar surface area (TPSA) is 72.5 Å². The standard InChI is InChI=1S/C11H23NO4S/c1-11(2,3)10(13)16-8-6-5-7-9-17(14,15)12-4/h12H,5-9H2,1-4H3. The molecular weight excluding hydrogens is 242 g/mol. The van der Waals surface area contributed by atoms with Gasteiger partial charge in [-0.15, -0.1) is 0 Å². The minimum Gasteiger partial charge on any atom is -0.465 e. The average molecular weight is 265 g/mol. The normalized spacial score (nSPS) is 12.5. The van der Waals surface area contributed by atoms with Gasteiger partial charge in [0, 0.05) is 0 Å². The zero-order valence-corrected chi connectivity index (χ0v) is 11.9. The van der Waals surface area contributed by atoms with Gasteiger partial charge in [-0.3, -0.25) is 4.79 Å². The zero-order chi connectivity index (χ0) is 13.5. The highest BCUT2D eigenvalue weighted by molar-refractivity contribution is 7.89. The summed E-state index contributed by atoms with van der Waals surface area (Å²) < 4.78 is 29.5. The first kappa shape index (κ1) is 16.4. The molecule has 102 valence electrons. The van der Waals surface area contributed by atoms with E-state index in [0.29, 0.717) is 19.4 Å². The highest BCUT2D eigenvalue weighted by atomic mass is 32.2. The molecule has 0 atom stereocenters. The van der Waals surface area contributed by atoms with Crippen LogP contribution in [0.1, 0.15) is 40.0 Å². The second-order valence-electron chi connectivity index (χ2n) is 4.97. The zero-order valence-electron chi connectivity index (χ0n) is 11.1. The van der Waals surface area contributed by atoms with Crippen molar-refractivity contribution in [3.8, 4) is 0 Å². The van der Waals surface area contributed by atoms with Crippen molar-refractivity contribution in [3.05, 3.63) is 0 Å². The number of unbranched alkanes of at least 4 members (excludes halogenated alkanes) is 2. The SMILES string of the molecule is CNS(=O)(=O)CCCCCOC(=O)C(C)(C)C. The maximum absolute atomic E-state index is 11.4. The summed E-state index contributed by atoms with van der Waals surface area (Å²) in [6.45, 7) is 5.76. The monoisotopic (exact) mass is 265 g/mol. The maximum Gasteiger partial charge on any atom is 0.311 e. The fourth-order valence-corrected chi connectivity index (χ4v) is 1.84. The van der Waals surface area contributed by atoms with E-state index in [2.05, 4.69) is 4.72 Å². The van der Waals surface area contributed by atoms with Gasteiger partial charge in [0.1, 0.15) is 0 Å². The lowest BCUT2D eigenvalue weighted by Gasteiger charge is -2.16. The Bertz CT molecular complexity index is 330. The summed E-state index contributed by atoms with van der Waals surface area (Å²) >= 11 is 0. The molecule has 0 amide bonds. The van der Waals surface area contributed by atoms with Crippen molar-refractivity contribution < 1.29 is 17.9 Å². The summed E-state index contributed by atoms with van der Waals surface area (Å²) in [5, 5.41) is 0. The molecule has 17 heavy (non-hydrogen) atoms. The van der Waals surface area contributed by atoms with Gasteiger partial charge in [-0.25, -0.2) is 13.1 Å². The quantitative estimate of drug-likeness (QED) is 0.556. The van der Waals surface area contributed by atoms with E-state index in [1.807, 2.05) is 0 Å². The summed E-state index contributed by atoms with van der Waals surface area (Å²) in [6.07, 6.45) is 2.01. The van der Waals surface area contributed by atoms with Crippen LogP contribution < -0.4 is 4.72 Å². The molecule has 0 radical (unpaired) electrons. The molecule has 0 aliphatic rings. The van der Waals surface area contributed by atoms with Gasteiger partial charge in [-0.05, 0) is 47.1 Å². The van der Waals surface area contributed by atoms with Gasteiger partial charge in [-0.1, -0.05) is 0 Å². The summed E-state index contributed by atoms with van der Waals surface area (Å²) in [5.41, 5.74) is -0.477. The summed E-state index contributed by atoms with van der Waals surface area (Å²) in [6, 6.07) is 0. The van der Waals surface area contributed by atoms with Gasteiger partial charge in [0.2, 0.25) is 10.0 Å². The second-order valence-corrected chi connectivity index (χ2v) is 7.02. The number of esters is 1. The number of rotatable bonds is 7. The Labute approximate surface area is 104 Å². The molecule has 0 fully saturated rings. The molecule has 0 unspecified atom stereocenters. The number of ether oxygens (including phenoxy) is 1. The molecule has 0 aromatic carbocycles. The van der Waals surface area contributed by atoms with Crippen molar-refractivity contribution in [2.24, 2.45) is 5.41 Å². The lowest BCUT2D eigenvalue weighted by molar-refractivity contribution is -0.153. The Kier molecular flexibility index (Phi) is 6.70. The largest absolute Gasteiger partial charge is 0.465 e. The molecule has 0 bridgehead atoms. The molecule has 5 nitrogen and oxygen atoms in total. The van der Waals surface area contributed by atoms with Crippen molar-refractivity contribution in [2.45, 2.75) is 40.0 Å². The molecule has 0 spiro atoms. The van der Waals surface area contributed by atoms with Crippen molar-refractivity contribution in [2.75, 3.05) is 19.4 Å². The lowest BCUT2D eigenvalue weighted by Crippen LogP contribution is -2.23. The van der Waals surface area contributed by atoms with Crippen LogP contribution in [0.25, 0.3) is 0 Å². The number of hydrogen-bond acceptors (Lipinski definition) is 4. The van der Waals surface area contributed by atoms with Crippen LogP contribution in [0.3, 0.4) is 0 Å². The van der Waals surface area contributed by atoms with E-state index >= 15 is 0 Å². The van der Waals surface area contributed by atoms with Crippen LogP contribution in [0.5, 0.6) is 0 Å². The van der Waals surface area contributed by atoms with Crippen LogP contribution >= 0.6 is 0 Å². The number of nitrogens with one attached hydrogen (secondary N) is 1. The van der Waals surface area contributed by atoms with Gasteiger partial charge < -0.3 is 4.74 Å². The third-order valence-corrected chi connectivity index (χ3v) is 3.66. The second kappa shape index (κ2) is 6.96. The lowest BCUT2D eigenvalue weighted by atomic mass is 9.97. The predicted octanol–water partition coefficient (Wildman–Crippen LogP) is 1.30. The first-order valence-electron chi connectivity index (χ1n) is 5.77. The van der Waals surface area contributed by atoms with E-state index in [1.54, 1.807) is 20.8 Å². The number of hydrogen-bond donors (Lipinski definition) is 1. The molecule has 1 N–H and O–H groups in total. The highest BCUT2D eigenvalue weighted by Crippen LogP contribution is 2.15. The molecular formula is C11H23NO4S. The molecule has 0 aromatic rings. The van der Waals surface area contributed by atoms with Crippen molar-refractivity contribution in [1.29, 1.82) is 0 Å². The third-order valence-electron chi connectivity index (χ3n) is 2.21. The Hall–Kier alpha value is -0.620. The molecule has 0 saturated heterocycles. The van der Waals surface area contributed by atoms with Crippen molar-refractivity contribution in [1.82, 2.24) is 4.72 Å². The Morgan fingerprint density at radius 2 is 1.76 bits per heavy atom. The molecule has 0 aliphatic heterocycles. The Balaban J connectivity index is 3.58. The Morgan fingerprint density at radius 1 is 1.18 bits per heavy atom. The highest BCUT2D eigenvalue weighted by Gasteiger charge is 2.22. The van der Waals surface area contributed by atoms with Gasteiger partial charge in [-0.2, -0.15) is 0 Å². The molecule has 0 rings (SSSR count). The van der Waals surface area contributed by atoms with Crippen molar-refractivity contribution in [3.63, 3.8) is 0 Å². The number of carbonyl (C=O) groups is 1. The van der Waals surface area contributed by atoms with Crippen LogP contribution in [0.4, 0.5) is 0 Å². The van der Waals surface area contributed by atoms with Crippen LogP contribution in [0.15, 0.2) is 0 Å². The fourth-order valence-electron chi connectivity index (χ4n) is 1.05. The van der Waals surface area contributed by atoms with E-state index in [4.69, 9.17) is 4.74 Å². The van der Waals surface area contributed by atoms with E-state index in [1.165, 1.54) is 7.05 Å². The molecule has 0 aliphatic carbocycles. The van der Waals surface area contributed by atoms with E-state index in [-0.39, 0.29) is 11.7 Å². The molecule has 0 aromatic heterocycles. The average Bonchev–Trinajstić information content (AvgIpc) is 2.21. The fraction of sp³-hybridized carbons (Fsp3) is 0.909. The molecule has 0 saturated carbocycles. The van der Waals surface area contributed by atoms with Crippen LogP contribution in [0.2, 0.25) is 0 Å². The molecule has 0 heterocycles. The number of carbonyl (C=O) groups excluding carboxylic acids is 1. The van der Waals surface area contributed by atoms with Crippen molar-refractivity contribution >= 4 is 16.0 Å². The third kappa shape index (κ3) is 8.15. The van der Waals surface area contributed by atoms with E-state index in [9.17, 15) is 13.2 Å². The maximum atomic E-state index is 11.4. The summed E-state index contributed by atoms with van der Waals surface area (Å²) in [7, 11) is -1.70. The van der Waals surface area contributed by atoms with Crippen LogP contribution in [0, 0.1) is 5.41 Å². The van der Waals surface area contributed by atoms with E-state index in [0.717, 1.165) is 6.42 Å². The van der Waals surface area contributed by atoms with Gasteiger partial charge >= 0.3 is 5.97 Å². The molecule has 6 heteroatoms.